The summed E-state index contributed by atoms with van der Waals surface area (Å²) < 4.78 is 0. The molecule has 0 radical (unpaired) electrons. The van der Waals surface area contributed by atoms with Crippen LogP contribution in [0.25, 0.3) is 0 Å². The summed E-state index contributed by atoms with van der Waals surface area (Å²) in [5.41, 5.74) is 0. The number of nitrogens with one attached hydrogen (secondary N) is 2. The standard InChI is InChI=1S/C8H12N2O2/c1-3-5(2)9-6-4-7(11)10-8(6)12/h3,5-6,9H,1,4H2,2H3,(H,10,11,12). The van der Waals surface area contributed by atoms with Crippen molar-refractivity contribution in [3.8, 4) is 0 Å². The number of amides is 2. The Bertz CT molecular complexity index is 225. The molecule has 1 aliphatic heterocycles. The van der Waals surface area contributed by atoms with Gasteiger partial charge in [-0.1, -0.05) is 6.08 Å². The zero-order chi connectivity index (χ0) is 9.14. The maximum atomic E-state index is 11.0. The molecular weight excluding hydrogens is 156 g/mol. The topological polar surface area (TPSA) is 58.2 Å². The SMILES string of the molecule is C=CC(C)NC1CC(=O)NC1=O. The second-order valence-corrected chi connectivity index (χ2v) is 2.86. The van der Waals surface area contributed by atoms with Crippen LogP contribution >= 0.6 is 0 Å². The van der Waals surface area contributed by atoms with Gasteiger partial charge in [0.2, 0.25) is 11.8 Å². The van der Waals surface area contributed by atoms with Gasteiger partial charge < -0.3 is 0 Å². The normalized spacial score (nSPS) is 25.2. The lowest BCUT2D eigenvalue weighted by Crippen LogP contribution is -2.40. The fourth-order valence-corrected chi connectivity index (χ4v) is 1.07. The molecule has 0 aromatic carbocycles. The lowest BCUT2D eigenvalue weighted by atomic mass is 10.2. The molecular formula is C8H12N2O2. The van der Waals surface area contributed by atoms with Gasteiger partial charge in [-0.3, -0.25) is 20.2 Å². The Balaban J connectivity index is 2.48. The Labute approximate surface area is 71.0 Å². The minimum absolute atomic E-state index is 0.0478. The average Bonchev–Trinajstić information content (AvgIpc) is 2.30. The maximum absolute atomic E-state index is 11.0. The van der Waals surface area contributed by atoms with Gasteiger partial charge in [-0.25, -0.2) is 0 Å². The van der Waals surface area contributed by atoms with Crippen LogP contribution in [0.2, 0.25) is 0 Å². The van der Waals surface area contributed by atoms with Crippen molar-refractivity contribution < 1.29 is 9.59 Å². The molecule has 12 heavy (non-hydrogen) atoms. The summed E-state index contributed by atoms with van der Waals surface area (Å²) in [6.45, 7) is 5.45. The Kier molecular flexibility index (Phi) is 2.60. The van der Waals surface area contributed by atoms with Crippen LogP contribution in [0.1, 0.15) is 13.3 Å². The third-order valence-corrected chi connectivity index (χ3v) is 1.79. The molecule has 4 nitrogen and oxygen atoms in total. The number of hydrogen-bond acceptors (Lipinski definition) is 3. The molecule has 1 heterocycles. The van der Waals surface area contributed by atoms with E-state index in [4.69, 9.17) is 0 Å². The molecule has 1 aliphatic rings. The molecule has 0 aromatic rings. The second-order valence-electron chi connectivity index (χ2n) is 2.86. The minimum Gasteiger partial charge on any atom is -0.299 e. The highest BCUT2D eigenvalue weighted by Gasteiger charge is 2.30. The molecule has 0 saturated carbocycles. The molecule has 2 unspecified atom stereocenters. The molecule has 0 bridgehead atoms. The minimum atomic E-state index is -0.384. The van der Waals surface area contributed by atoms with Gasteiger partial charge in [0.15, 0.2) is 0 Å². The zero-order valence-electron chi connectivity index (χ0n) is 6.96. The van der Waals surface area contributed by atoms with Gasteiger partial charge >= 0.3 is 0 Å². The Morgan fingerprint density at radius 1 is 1.75 bits per heavy atom. The predicted molar refractivity (Wildman–Crippen MR) is 44.3 cm³/mol. The molecule has 0 aliphatic carbocycles. The lowest BCUT2D eigenvalue weighted by molar-refractivity contribution is -0.125. The smallest absolute Gasteiger partial charge is 0.244 e. The van der Waals surface area contributed by atoms with Gasteiger partial charge in [0.1, 0.15) is 0 Å². The number of hydrogen-bond donors (Lipinski definition) is 2. The van der Waals surface area contributed by atoms with Gasteiger partial charge in [0.05, 0.1) is 12.5 Å². The number of rotatable bonds is 3. The first-order valence-electron chi connectivity index (χ1n) is 3.86. The van der Waals surface area contributed by atoms with Crippen LogP contribution in [0.5, 0.6) is 0 Å². The summed E-state index contributed by atoms with van der Waals surface area (Å²) in [5, 5.41) is 5.18. The predicted octanol–water partition coefficient (Wildman–Crippen LogP) is -0.434. The van der Waals surface area contributed by atoms with Gasteiger partial charge in [0, 0.05) is 6.04 Å². The summed E-state index contributed by atoms with van der Waals surface area (Å²) in [5.74, 6) is -0.456. The van der Waals surface area contributed by atoms with E-state index in [1.807, 2.05) is 6.92 Å². The number of imide groups is 1. The largest absolute Gasteiger partial charge is 0.299 e. The number of carbonyl (C=O) groups excluding carboxylic acids is 2. The van der Waals surface area contributed by atoms with Crippen LogP contribution in [-0.2, 0) is 9.59 Å². The summed E-state index contributed by atoms with van der Waals surface area (Å²) >= 11 is 0. The molecule has 4 heteroatoms. The van der Waals surface area contributed by atoms with E-state index in [-0.39, 0.29) is 30.3 Å². The molecule has 1 fully saturated rings. The summed E-state index contributed by atoms with van der Waals surface area (Å²) in [7, 11) is 0. The molecule has 2 N–H and O–H groups in total. The van der Waals surface area contributed by atoms with Crippen molar-refractivity contribution in [2.75, 3.05) is 0 Å². The van der Waals surface area contributed by atoms with E-state index in [1.165, 1.54) is 0 Å². The molecule has 66 valence electrons. The van der Waals surface area contributed by atoms with Crippen molar-refractivity contribution in [3.05, 3.63) is 12.7 Å². The Morgan fingerprint density at radius 2 is 2.42 bits per heavy atom. The average molecular weight is 168 g/mol. The quantitative estimate of drug-likeness (QED) is 0.444. The monoisotopic (exact) mass is 168 g/mol. The van der Waals surface area contributed by atoms with Crippen LogP contribution in [0, 0.1) is 0 Å². The molecule has 1 rings (SSSR count). The van der Waals surface area contributed by atoms with Crippen LogP contribution in [0.4, 0.5) is 0 Å². The van der Waals surface area contributed by atoms with Crippen molar-refractivity contribution in [1.82, 2.24) is 10.6 Å². The van der Waals surface area contributed by atoms with E-state index in [1.54, 1.807) is 6.08 Å². The first-order chi connectivity index (χ1) is 5.63. The second kappa shape index (κ2) is 3.49. The molecule has 2 atom stereocenters. The van der Waals surface area contributed by atoms with Crippen LogP contribution in [-0.4, -0.2) is 23.9 Å². The highest BCUT2D eigenvalue weighted by molar-refractivity contribution is 6.05. The van der Waals surface area contributed by atoms with Crippen molar-refractivity contribution in [1.29, 1.82) is 0 Å². The van der Waals surface area contributed by atoms with Gasteiger partial charge in [-0.15, -0.1) is 6.58 Å². The van der Waals surface area contributed by atoms with E-state index in [0.717, 1.165) is 0 Å². The van der Waals surface area contributed by atoms with E-state index in [0.29, 0.717) is 0 Å². The van der Waals surface area contributed by atoms with Crippen molar-refractivity contribution in [2.45, 2.75) is 25.4 Å². The zero-order valence-corrected chi connectivity index (χ0v) is 6.96. The van der Waals surface area contributed by atoms with Crippen molar-refractivity contribution in [2.24, 2.45) is 0 Å². The van der Waals surface area contributed by atoms with Crippen molar-refractivity contribution in [3.63, 3.8) is 0 Å². The van der Waals surface area contributed by atoms with Gasteiger partial charge in [-0.05, 0) is 6.92 Å². The molecule has 1 saturated heterocycles. The maximum Gasteiger partial charge on any atom is 0.244 e. The fraction of sp³-hybridized carbons (Fsp3) is 0.500. The highest BCUT2D eigenvalue weighted by Crippen LogP contribution is 2.02. The van der Waals surface area contributed by atoms with E-state index >= 15 is 0 Å². The first kappa shape index (κ1) is 8.93. The summed E-state index contributed by atoms with van der Waals surface area (Å²) in [6, 6.07) is -0.336. The molecule has 0 aromatic heterocycles. The van der Waals surface area contributed by atoms with Gasteiger partial charge in [-0.2, -0.15) is 0 Å². The van der Waals surface area contributed by atoms with Crippen molar-refractivity contribution >= 4 is 11.8 Å². The van der Waals surface area contributed by atoms with Crippen LogP contribution in [0.3, 0.4) is 0 Å². The molecule has 2 amide bonds. The van der Waals surface area contributed by atoms with Gasteiger partial charge in [0.25, 0.3) is 0 Å². The Hall–Kier alpha value is -1.16. The van der Waals surface area contributed by atoms with Crippen LogP contribution < -0.4 is 10.6 Å². The Morgan fingerprint density at radius 3 is 2.83 bits per heavy atom. The molecule has 0 spiro atoms. The summed E-state index contributed by atoms with van der Waals surface area (Å²) in [6.07, 6.45) is 1.92. The fourth-order valence-electron chi connectivity index (χ4n) is 1.07. The third kappa shape index (κ3) is 1.92. The summed E-state index contributed by atoms with van der Waals surface area (Å²) in [4.78, 5) is 21.7. The van der Waals surface area contributed by atoms with E-state index < -0.39 is 0 Å². The van der Waals surface area contributed by atoms with Crippen LogP contribution in [0.15, 0.2) is 12.7 Å². The third-order valence-electron chi connectivity index (χ3n) is 1.79. The number of carbonyl (C=O) groups is 2. The lowest BCUT2D eigenvalue weighted by Gasteiger charge is -2.12. The van der Waals surface area contributed by atoms with E-state index in [9.17, 15) is 9.59 Å². The van der Waals surface area contributed by atoms with E-state index in [2.05, 4.69) is 17.2 Å². The highest BCUT2D eigenvalue weighted by atomic mass is 16.2. The first-order valence-corrected chi connectivity index (χ1v) is 3.86.